The van der Waals surface area contributed by atoms with Gasteiger partial charge in [0.1, 0.15) is 11.9 Å². The lowest BCUT2D eigenvalue weighted by atomic mass is 9.86. The Hall–Kier alpha value is -4.38. The number of aryl methyl sites for hydroxylation is 2. The topological polar surface area (TPSA) is 92.6 Å². The quantitative estimate of drug-likeness (QED) is 0.465. The summed E-state index contributed by atoms with van der Waals surface area (Å²) < 4.78 is 0. The summed E-state index contributed by atoms with van der Waals surface area (Å²) in [6, 6.07) is 18.0. The van der Waals surface area contributed by atoms with E-state index in [9.17, 15) is 14.9 Å². The molecule has 2 aliphatic heterocycles. The molecule has 8 heteroatoms. The molecule has 5 rings (SSSR count). The van der Waals surface area contributed by atoms with E-state index in [1.807, 2.05) is 36.1 Å². The second-order valence-electron chi connectivity index (χ2n) is 11.6. The maximum Gasteiger partial charge on any atom is 0.254 e. The largest absolute Gasteiger partial charge is 0.370 e. The predicted molar refractivity (Wildman–Crippen MR) is 166 cm³/mol. The number of nitrogens with one attached hydrogen (secondary N) is 1. The maximum absolute atomic E-state index is 13.8. The van der Waals surface area contributed by atoms with Gasteiger partial charge in [0, 0.05) is 57.6 Å². The van der Waals surface area contributed by atoms with Crippen LogP contribution in [0.4, 0.5) is 11.5 Å². The summed E-state index contributed by atoms with van der Waals surface area (Å²) in [6.45, 7) is 9.85. The highest BCUT2D eigenvalue weighted by atomic mass is 16.2. The number of benzene rings is 2. The number of carbonyl (C=O) groups excluding carboxylic acids is 2. The van der Waals surface area contributed by atoms with Crippen LogP contribution in [-0.4, -0.2) is 67.5 Å². The minimum absolute atomic E-state index is 0.0163. The molecule has 1 aromatic heterocycles. The molecule has 2 amide bonds. The number of anilines is 2. The van der Waals surface area contributed by atoms with Crippen LogP contribution in [0.2, 0.25) is 0 Å². The van der Waals surface area contributed by atoms with Gasteiger partial charge in [-0.05, 0) is 93.0 Å². The van der Waals surface area contributed by atoms with Gasteiger partial charge < -0.3 is 20.0 Å². The van der Waals surface area contributed by atoms with Crippen LogP contribution in [0.1, 0.15) is 62.7 Å². The van der Waals surface area contributed by atoms with Gasteiger partial charge in [-0.3, -0.25) is 9.59 Å². The molecule has 0 aliphatic carbocycles. The first-order chi connectivity index (χ1) is 20.3. The number of amides is 2. The number of piperidine rings is 1. The Morgan fingerprint density at radius 3 is 2.48 bits per heavy atom. The average molecular weight is 565 g/mol. The number of rotatable bonds is 6. The zero-order valence-corrected chi connectivity index (χ0v) is 25.1. The molecule has 0 unspecified atom stereocenters. The molecular formula is C34H40N6O2. The van der Waals surface area contributed by atoms with Gasteiger partial charge in [-0.2, -0.15) is 5.26 Å². The van der Waals surface area contributed by atoms with Crippen LogP contribution in [0.5, 0.6) is 0 Å². The Morgan fingerprint density at radius 1 is 1.00 bits per heavy atom. The van der Waals surface area contributed by atoms with E-state index < -0.39 is 0 Å². The molecule has 2 saturated heterocycles. The number of carbonyl (C=O) groups is 2. The fourth-order valence-electron chi connectivity index (χ4n) is 6.45. The molecule has 0 saturated carbocycles. The van der Waals surface area contributed by atoms with Gasteiger partial charge in [-0.15, -0.1) is 0 Å². The van der Waals surface area contributed by atoms with E-state index in [1.54, 1.807) is 25.4 Å². The van der Waals surface area contributed by atoms with Crippen molar-refractivity contribution < 1.29 is 9.59 Å². The molecule has 218 valence electrons. The zero-order chi connectivity index (χ0) is 29.8. The van der Waals surface area contributed by atoms with Gasteiger partial charge in [-0.25, -0.2) is 4.98 Å². The van der Waals surface area contributed by atoms with Gasteiger partial charge in [0.25, 0.3) is 11.8 Å². The first kappa shape index (κ1) is 29.1. The average Bonchev–Trinajstić information content (AvgIpc) is 3.02. The number of nitriles is 1. The van der Waals surface area contributed by atoms with E-state index in [1.165, 1.54) is 11.1 Å². The van der Waals surface area contributed by atoms with Crippen molar-refractivity contribution in [1.29, 1.82) is 5.26 Å². The van der Waals surface area contributed by atoms with Crippen LogP contribution in [0, 0.1) is 31.1 Å². The normalized spacial score (nSPS) is 17.6. The monoisotopic (exact) mass is 564 g/mol. The fourth-order valence-corrected chi connectivity index (χ4v) is 6.45. The summed E-state index contributed by atoms with van der Waals surface area (Å²) in [5.74, 6) is 1.10. The molecule has 1 atom stereocenters. The summed E-state index contributed by atoms with van der Waals surface area (Å²) in [5, 5.41) is 12.2. The first-order valence-corrected chi connectivity index (χ1v) is 14.9. The molecule has 3 heterocycles. The summed E-state index contributed by atoms with van der Waals surface area (Å²) in [5.41, 5.74) is 6.57. The van der Waals surface area contributed by atoms with Gasteiger partial charge in [0.15, 0.2) is 0 Å². The lowest BCUT2D eigenvalue weighted by Gasteiger charge is -2.41. The third-order valence-corrected chi connectivity index (χ3v) is 8.85. The number of hydrogen-bond donors (Lipinski definition) is 1. The molecular weight excluding hydrogens is 524 g/mol. The third-order valence-electron chi connectivity index (χ3n) is 8.85. The summed E-state index contributed by atoms with van der Waals surface area (Å²) >= 11 is 0. The van der Waals surface area contributed by atoms with Gasteiger partial charge in [-0.1, -0.05) is 18.2 Å². The fraction of sp³-hybridized carbons (Fsp3) is 0.412. The van der Waals surface area contributed by atoms with Crippen LogP contribution in [-0.2, 0) is 6.42 Å². The van der Waals surface area contributed by atoms with Crippen molar-refractivity contribution in [2.45, 2.75) is 46.1 Å². The van der Waals surface area contributed by atoms with Crippen molar-refractivity contribution in [3.63, 3.8) is 0 Å². The number of nitrogens with zero attached hydrogens (tertiary/aromatic N) is 5. The second kappa shape index (κ2) is 12.6. The van der Waals surface area contributed by atoms with E-state index in [2.05, 4.69) is 52.2 Å². The molecule has 2 aromatic carbocycles. The summed E-state index contributed by atoms with van der Waals surface area (Å²) in [6.07, 6.45) is 4.77. The lowest BCUT2D eigenvalue weighted by molar-refractivity contribution is 0.0724. The van der Waals surface area contributed by atoms with E-state index in [4.69, 9.17) is 0 Å². The van der Waals surface area contributed by atoms with Crippen LogP contribution >= 0.6 is 0 Å². The number of piperazine rings is 1. The molecule has 2 fully saturated rings. The standard InChI is InChI=1S/C34H40N6O2/c1-23-18-24(2)30(20-28(23)19-26-11-14-38(15-12-26)31-10-6-5-8-27(31)21-35)34(42)39-16-17-40(25(3)22-39)32-29(33(41)36-4)9-7-13-37-32/h5-10,13,18,20,25-26H,11-12,14-17,19,22H2,1-4H3,(H,36,41)/t25-/m1/s1. The van der Waals surface area contributed by atoms with Crippen LogP contribution in [0.3, 0.4) is 0 Å². The van der Waals surface area contributed by atoms with Crippen molar-refractivity contribution in [1.82, 2.24) is 15.2 Å². The van der Waals surface area contributed by atoms with Crippen LogP contribution in [0.25, 0.3) is 0 Å². The van der Waals surface area contributed by atoms with Crippen molar-refractivity contribution in [2.75, 3.05) is 49.6 Å². The Morgan fingerprint density at radius 2 is 1.76 bits per heavy atom. The molecule has 2 aliphatic rings. The van der Waals surface area contributed by atoms with Crippen molar-refractivity contribution >= 4 is 23.3 Å². The molecule has 42 heavy (non-hydrogen) atoms. The van der Waals surface area contributed by atoms with Crippen LogP contribution < -0.4 is 15.1 Å². The number of hydrogen-bond acceptors (Lipinski definition) is 6. The van der Waals surface area contributed by atoms with Gasteiger partial charge in [0.2, 0.25) is 0 Å². The minimum atomic E-state index is -0.163. The molecule has 0 bridgehead atoms. The summed E-state index contributed by atoms with van der Waals surface area (Å²) in [7, 11) is 1.62. The Bertz CT molecular complexity index is 1500. The molecule has 0 radical (unpaired) electrons. The zero-order valence-electron chi connectivity index (χ0n) is 25.1. The lowest BCUT2D eigenvalue weighted by Crippen LogP contribution is -2.54. The van der Waals surface area contributed by atoms with E-state index in [0.29, 0.717) is 36.9 Å². The molecule has 1 N–H and O–H groups in total. The minimum Gasteiger partial charge on any atom is -0.370 e. The van der Waals surface area contributed by atoms with Crippen molar-refractivity contribution in [3.05, 3.63) is 88.1 Å². The smallest absolute Gasteiger partial charge is 0.254 e. The SMILES string of the molecule is CNC(=O)c1cccnc1N1CCN(C(=O)c2cc(CC3CCN(c4ccccc4C#N)CC3)c(C)cc2C)C[C@H]1C. The van der Waals surface area contributed by atoms with Crippen LogP contribution in [0.15, 0.2) is 54.7 Å². The van der Waals surface area contributed by atoms with E-state index in [-0.39, 0.29) is 17.9 Å². The first-order valence-electron chi connectivity index (χ1n) is 14.9. The second-order valence-corrected chi connectivity index (χ2v) is 11.6. The Kier molecular flexibility index (Phi) is 8.77. The highest BCUT2D eigenvalue weighted by molar-refractivity contribution is 5.99. The van der Waals surface area contributed by atoms with Gasteiger partial charge in [0.05, 0.1) is 16.8 Å². The Labute approximate surface area is 249 Å². The predicted octanol–water partition coefficient (Wildman–Crippen LogP) is 4.74. The molecule has 0 spiro atoms. The molecule has 3 aromatic rings. The number of para-hydroxylation sites is 1. The number of aromatic nitrogens is 1. The molecule has 8 nitrogen and oxygen atoms in total. The number of pyridine rings is 1. The van der Waals surface area contributed by atoms with Crippen molar-refractivity contribution in [3.8, 4) is 6.07 Å². The third kappa shape index (κ3) is 5.96. The highest BCUT2D eigenvalue weighted by Crippen LogP contribution is 2.30. The summed E-state index contributed by atoms with van der Waals surface area (Å²) in [4.78, 5) is 37.2. The van der Waals surface area contributed by atoms with Crippen molar-refractivity contribution in [2.24, 2.45) is 5.92 Å². The Balaban J connectivity index is 1.25. The van der Waals surface area contributed by atoms with Gasteiger partial charge >= 0.3 is 0 Å². The van der Waals surface area contributed by atoms with E-state index >= 15 is 0 Å². The van der Waals surface area contributed by atoms with E-state index in [0.717, 1.165) is 54.7 Å². The maximum atomic E-state index is 13.8. The highest BCUT2D eigenvalue weighted by Gasteiger charge is 2.31.